The highest BCUT2D eigenvalue weighted by molar-refractivity contribution is 5.83. The first-order valence-corrected chi connectivity index (χ1v) is 7.39. The number of carboxylic acids is 1. The molecule has 2 atom stereocenters. The number of carboxylic acid groups (broad SMARTS) is 1. The first-order chi connectivity index (χ1) is 10.0. The van der Waals surface area contributed by atoms with Gasteiger partial charge in [-0.2, -0.15) is 0 Å². The second-order valence-electron chi connectivity index (χ2n) is 5.59. The van der Waals surface area contributed by atoms with Gasteiger partial charge in [-0.05, 0) is 24.5 Å². The SMILES string of the molecule is CCCC(C)NC(=O)N1Cc2ccccc2CC1C(=O)O. The van der Waals surface area contributed by atoms with Crippen LogP contribution in [0.4, 0.5) is 4.79 Å². The molecule has 5 nitrogen and oxygen atoms in total. The van der Waals surface area contributed by atoms with Crippen molar-refractivity contribution in [3.63, 3.8) is 0 Å². The number of urea groups is 1. The summed E-state index contributed by atoms with van der Waals surface area (Å²) in [7, 11) is 0. The van der Waals surface area contributed by atoms with Crippen LogP contribution in [0, 0.1) is 0 Å². The molecule has 0 aliphatic carbocycles. The molecule has 0 spiro atoms. The number of benzene rings is 1. The maximum atomic E-state index is 12.4. The van der Waals surface area contributed by atoms with Crippen molar-refractivity contribution in [1.82, 2.24) is 10.2 Å². The van der Waals surface area contributed by atoms with Gasteiger partial charge in [0, 0.05) is 19.0 Å². The number of rotatable bonds is 4. The van der Waals surface area contributed by atoms with Crippen molar-refractivity contribution in [2.45, 2.75) is 51.7 Å². The van der Waals surface area contributed by atoms with Crippen LogP contribution in [0.1, 0.15) is 37.8 Å². The summed E-state index contributed by atoms with van der Waals surface area (Å²) in [4.78, 5) is 25.3. The molecule has 5 heteroatoms. The molecule has 0 fully saturated rings. The van der Waals surface area contributed by atoms with Crippen molar-refractivity contribution in [1.29, 1.82) is 0 Å². The van der Waals surface area contributed by atoms with E-state index in [1.165, 1.54) is 4.90 Å². The van der Waals surface area contributed by atoms with E-state index in [1.54, 1.807) is 0 Å². The molecule has 2 rings (SSSR count). The molecule has 21 heavy (non-hydrogen) atoms. The Morgan fingerprint density at radius 1 is 1.38 bits per heavy atom. The number of amides is 2. The number of carbonyl (C=O) groups excluding carboxylic acids is 1. The zero-order valence-electron chi connectivity index (χ0n) is 12.5. The Kier molecular flexibility index (Phi) is 4.83. The van der Waals surface area contributed by atoms with Crippen molar-refractivity contribution in [2.24, 2.45) is 0 Å². The molecule has 0 bridgehead atoms. The predicted octanol–water partition coefficient (Wildman–Crippen LogP) is 2.40. The zero-order valence-corrected chi connectivity index (χ0v) is 12.5. The second kappa shape index (κ2) is 6.61. The van der Waals surface area contributed by atoms with Crippen LogP contribution in [0.25, 0.3) is 0 Å². The third-order valence-corrected chi connectivity index (χ3v) is 3.89. The Bertz CT molecular complexity index is 530. The Morgan fingerprint density at radius 3 is 2.67 bits per heavy atom. The van der Waals surface area contributed by atoms with E-state index >= 15 is 0 Å². The predicted molar refractivity (Wildman–Crippen MR) is 80.0 cm³/mol. The van der Waals surface area contributed by atoms with Crippen LogP contribution in [-0.4, -0.2) is 34.1 Å². The number of hydrogen-bond acceptors (Lipinski definition) is 2. The molecule has 0 saturated carbocycles. The summed E-state index contributed by atoms with van der Waals surface area (Å²) in [6.45, 7) is 4.34. The summed E-state index contributed by atoms with van der Waals surface area (Å²) < 4.78 is 0. The lowest BCUT2D eigenvalue weighted by Gasteiger charge is -2.35. The minimum atomic E-state index is -0.956. The molecule has 1 aliphatic rings. The number of nitrogens with one attached hydrogen (secondary N) is 1. The van der Waals surface area contributed by atoms with Crippen LogP contribution < -0.4 is 5.32 Å². The van der Waals surface area contributed by atoms with Gasteiger partial charge in [0.25, 0.3) is 0 Å². The van der Waals surface area contributed by atoms with Gasteiger partial charge < -0.3 is 15.3 Å². The van der Waals surface area contributed by atoms with E-state index in [0.717, 1.165) is 24.0 Å². The number of carbonyl (C=O) groups is 2. The minimum absolute atomic E-state index is 0.0501. The van der Waals surface area contributed by atoms with Crippen molar-refractivity contribution < 1.29 is 14.7 Å². The van der Waals surface area contributed by atoms with Crippen molar-refractivity contribution >= 4 is 12.0 Å². The van der Waals surface area contributed by atoms with Crippen LogP contribution in [-0.2, 0) is 17.8 Å². The first-order valence-electron chi connectivity index (χ1n) is 7.39. The smallest absolute Gasteiger partial charge is 0.326 e. The van der Waals surface area contributed by atoms with Crippen LogP contribution in [0.15, 0.2) is 24.3 Å². The lowest BCUT2D eigenvalue weighted by Crippen LogP contribution is -2.53. The molecule has 1 aromatic rings. The third kappa shape index (κ3) is 3.54. The number of nitrogens with zero attached hydrogens (tertiary/aromatic N) is 1. The average Bonchev–Trinajstić information content (AvgIpc) is 2.45. The third-order valence-electron chi connectivity index (χ3n) is 3.89. The van der Waals surface area contributed by atoms with Gasteiger partial charge >= 0.3 is 12.0 Å². The first kappa shape index (κ1) is 15.4. The Balaban J connectivity index is 2.16. The van der Waals surface area contributed by atoms with Gasteiger partial charge in [0.2, 0.25) is 0 Å². The zero-order chi connectivity index (χ0) is 15.4. The summed E-state index contributed by atoms with van der Waals surface area (Å²) in [5, 5.41) is 12.3. The molecule has 1 aliphatic heterocycles. The largest absolute Gasteiger partial charge is 0.480 e. The molecule has 2 N–H and O–H groups in total. The Labute approximate surface area is 125 Å². The summed E-state index contributed by atoms with van der Waals surface area (Å²) in [5.41, 5.74) is 2.03. The van der Waals surface area contributed by atoms with Gasteiger partial charge in [-0.15, -0.1) is 0 Å². The molecule has 1 aromatic carbocycles. The highest BCUT2D eigenvalue weighted by Crippen LogP contribution is 2.23. The molecule has 114 valence electrons. The Hall–Kier alpha value is -2.04. The Morgan fingerprint density at radius 2 is 2.05 bits per heavy atom. The normalized spacial score (nSPS) is 18.8. The van der Waals surface area contributed by atoms with E-state index in [4.69, 9.17) is 0 Å². The van der Waals surface area contributed by atoms with E-state index in [0.29, 0.717) is 13.0 Å². The van der Waals surface area contributed by atoms with Crippen molar-refractivity contribution in [3.8, 4) is 0 Å². The van der Waals surface area contributed by atoms with Crippen molar-refractivity contribution in [2.75, 3.05) is 0 Å². The van der Waals surface area contributed by atoms with Crippen LogP contribution in [0.3, 0.4) is 0 Å². The molecular formula is C16H22N2O3. The van der Waals surface area contributed by atoms with Crippen LogP contribution in [0.5, 0.6) is 0 Å². The lowest BCUT2D eigenvalue weighted by atomic mass is 9.94. The van der Waals surface area contributed by atoms with Gasteiger partial charge in [0.1, 0.15) is 6.04 Å². The summed E-state index contributed by atoms with van der Waals surface area (Å²) in [6, 6.07) is 6.65. The van der Waals surface area contributed by atoms with E-state index < -0.39 is 12.0 Å². The highest BCUT2D eigenvalue weighted by Gasteiger charge is 2.34. The number of hydrogen-bond donors (Lipinski definition) is 2. The fourth-order valence-corrected chi connectivity index (χ4v) is 2.76. The maximum Gasteiger partial charge on any atom is 0.326 e. The summed E-state index contributed by atoms with van der Waals surface area (Å²) in [6.07, 6.45) is 2.22. The molecule has 0 saturated heterocycles. The minimum Gasteiger partial charge on any atom is -0.480 e. The molecule has 2 unspecified atom stereocenters. The van der Waals surface area contributed by atoms with Gasteiger partial charge in [0.05, 0.1) is 0 Å². The highest BCUT2D eigenvalue weighted by atomic mass is 16.4. The fraction of sp³-hybridized carbons (Fsp3) is 0.500. The van der Waals surface area contributed by atoms with Crippen molar-refractivity contribution in [3.05, 3.63) is 35.4 Å². The van der Waals surface area contributed by atoms with Gasteiger partial charge in [-0.25, -0.2) is 9.59 Å². The molecule has 0 radical (unpaired) electrons. The van der Waals surface area contributed by atoms with Crippen LogP contribution in [0.2, 0.25) is 0 Å². The number of fused-ring (bicyclic) bond motifs is 1. The van der Waals surface area contributed by atoms with E-state index in [9.17, 15) is 14.7 Å². The standard InChI is InChI=1S/C16H22N2O3/c1-3-6-11(2)17-16(21)18-10-13-8-5-4-7-12(13)9-14(18)15(19)20/h4-5,7-8,11,14H,3,6,9-10H2,1-2H3,(H,17,21)(H,19,20). The lowest BCUT2D eigenvalue weighted by molar-refractivity contribution is -0.142. The average molecular weight is 290 g/mol. The van der Waals surface area contributed by atoms with Gasteiger partial charge in [0.15, 0.2) is 0 Å². The summed E-state index contributed by atoms with van der Waals surface area (Å²) in [5.74, 6) is -0.956. The topological polar surface area (TPSA) is 69.6 Å². The monoisotopic (exact) mass is 290 g/mol. The fourth-order valence-electron chi connectivity index (χ4n) is 2.76. The quantitative estimate of drug-likeness (QED) is 0.894. The summed E-state index contributed by atoms with van der Waals surface area (Å²) >= 11 is 0. The molecule has 2 amide bonds. The van der Waals surface area contributed by atoms with E-state index in [1.807, 2.05) is 31.2 Å². The second-order valence-corrected chi connectivity index (χ2v) is 5.59. The van der Waals surface area contributed by atoms with E-state index in [2.05, 4.69) is 12.2 Å². The number of aliphatic carboxylic acids is 1. The van der Waals surface area contributed by atoms with E-state index in [-0.39, 0.29) is 12.1 Å². The molecule has 0 aromatic heterocycles. The van der Waals surface area contributed by atoms with Crippen LogP contribution >= 0.6 is 0 Å². The van der Waals surface area contributed by atoms with Gasteiger partial charge in [-0.3, -0.25) is 0 Å². The molecular weight excluding hydrogens is 268 g/mol. The maximum absolute atomic E-state index is 12.4. The molecule has 1 heterocycles. The van der Waals surface area contributed by atoms with Gasteiger partial charge in [-0.1, -0.05) is 37.6 Å².